The lowest BCUT2D eigenvalue weighted by Crippen LogP contribution is -2.51. The number of hydrogen-bond donors (Lipinski definition) is 3. The number of carbonyl (C=O) groups is 6. The first kappa shape index (κ1) is 44.3. The minimum absolute atomic E-state index is 0.0778. The van der Waals surface area contributed by atoms with Crippen molar-refractivity contribution in [1.82, 2.24) is 20.9 Å². The maximum Gasteiger partial charge on any atom is 0.408 e. The fourth-order valence-corrected chi connectivity index (χ4v) is 4.85. The number of halogens is 1. The molecule has 53 heavy (non-hydrogen) atoms. The largest absolute Gasteiger partial charge is 0.484 e. The second kappa shape index (κ2) is 22.3. The zero-order chi connectivity index (χ0) is 39.4. The van der Waals surface area contributed by atoms with Crippen LogP contribution in [0.3, 0.4) is 0 Å². The first-order valence-corrected chi connectivity index (χ1v) is 18.0. The van der Waals surface area contributed by atoms with Crippen molar-refractivity contribution in [2.75, 3.05) is 26.3 Å². The van der Waals surface area contributed by atoms with E-state index < -0.39 is 52.5 Å². The number of rotatable bonds is 8. The van der Waals surface area contributed by atoms with Gasteiger partial charge in [-0.3, -0.25) is 24.1 Å². The maximum atomic E-state index is 12.7. The third-order valence-electron chi connectivity index (χ3n) is 7.11. The van der Waals surface area contributed by atoms with Crippen LogP contribution >= 0.6 is 11.6 Å². The molecule has 2 atom stereocenters. The Labute approximate surface area is 316 Å². The molecule has 0 aliphatic carbocycles. The van der Waals surface area contributed by atoms with Crippen LogP contribution in [-0.2, 0) is 28.7 Å². The van der Waals surface area contributed by atoms with Gasteiger partial charge in [0.15, 0.2) is 13.2 Å². The third kappa shape index (κ3) is 19.5. The Morgan fingerprint density at radius 1 is 0.717 bits per heavy atom. The number of likely N-dealkylation sites (tertiary alicyclic amines) is 1. The fraction of sp³-hybridized carbons (Fsp3) is 0.526. The van der Waals surface area contributed by atoms with Gasteiger partial charge in [0.1, 0.15) is 34.8 Å². The van der Waals surface area contributed by atoms with Gasteiger partial charge in [-0.2, -0.15) is 0 Å². The molecule has 2 unspecified atom stereocenters. The molecule has 15 heteroatoms. The van der Waals surface area contributed by atoms with Crippen LogP contribution in [0.1, 0.15) is 80.1 Å². The second-order valence-electron chi connectivity index (χ2n) is 14.1. The van der Waals surface area contributed by atoms with E-state index in [-0.39, 0.29) is 19.1 Å². The van der Waals surface area contributed by atoms with Gasteiger partial charge in [0, 0.05) is 13.1 Å². The first-order valence-electron chi connectivity index (χ1n) is 17.6. The molecule has 2 aliphatic rings. The van der Waals surface area contributed by atoms with Gasteiger partial charge in [-0.05, 0) is 116 Å². The molecule has 2 saturated heterocycles. The number of nitrogens with zero attached hydrogens (tertiary/aromatic N) is 1. The summed E-state index contributed by atoms with van der Waals surface area (Å²) in [7, 11) is 0. The van der Waals surface area contributed by atoms with E-state index in [4.69, 9.17) is 30.5 Å². The highest BCUT2D eigenvalue weighted by Crippen LogP contribution is 2.16. The lowest BCUT2D eigenvalue weighted by Gasteiger charge is -2.25. The van der Waals surface area contributed by atoms with Gasteiger partial charge in [0.25, 0.3) is 17.1 Å². The van der Waals surface area contributed by atoms with Crippen LogP contribution in [0.4, 0.5) is 9.59 Å². The average molecular weight is 761 g/mol. The Morgan fingerprint density at radius 3 is 1.70 bits per heavy atom. The van der Waals surface area contributed by atoms with Crippen LogP contribution < -0.4 is 25.4 Å². The topological polar surface area (TPSA) is 179 Å². The molecule has 2 fully saturated rings. The highest BCUT2D eigenvalue weighted by Gasteiger charge is 2.33. The molecule has 2 aliphatic heterocycles. The number of para-hydroxylation sites is 2. The molecule has 4 rings (SSSR count). The summed E-state index contributed by atoms with van der Waals surface area (Å²) < 4.78 is 20.7. The van der Waals surface area contributed by atoms with Crippen molar-refractivity contribution in [1.29, 1.82) is 0 Å². The Hall–Kier alpha value is -4.85. The molecule has 2 aromatic rings. The van der Waals surface area contributed by atoms with E-state index in [2.05, 4.69) is 16.0 Å². The number of benzene rings is 2. The minimum atomic E-state index is -0.770. The Balaban J connectivity index is 0.000000305. The summed E-state index contributed by atoms with van der Waals surface area (Å²) in [5, 5.41) is 7.43. The van der Waals surface area contributed by atoms with Crippen LogP contribution in [0.5, 0.6) is 11.5 Å². The van der Waals surface area contributed by atoms with E-state index in [1.807, 2.05) is 24.3 Å². The van der Waals surface area contributed by atoms with Crippen LogP contribution in [0, 0.1) is 0 Å². The zero-order valence-corrected chi connectivity index (χ0v) is 32.2. The Bertz CT molecular complexity index is 1480. The van der Waals surface area contributed by atoms with Crippen LogP contribution in [0.25, 0.3) is 0 Å². The number of alkyl carbamates (subject to hydrolysis) is 2. The standard InChI is InChI=1S/C19H26N2O5.C11H20N2O3.C8H7ClO2/c1-19(2,3)26-18(24)20-15-11-7-8-12-21(17(15)23)16(22)13-25-14-9-5-4-6-10-14;1-11(2,3)16-10(15)13-8-6-4-5-7-12-9(8)14;9-8(10)6-11-7-4-2-1-3-5-7/h4-6,9-10,15H,7-8,11-13H2,1-3H3,(H,20,24);8H,4-7H2,1-3H3,(H,12,14)(H,13,15);1-5H,6H2. The van der Waals surface area contributed by atoms with Crippen molar-refractivity contribution in [3.63, 3.8) is 0 Å². The van der Waals surface area contributed by atoms with Crippen molar-refractivity contribution in [2.45, 2.75) is 103 Å². The van der Waals surface area contributed by atoms with E-state index in [9.17, 15) is 28.8 Å². The van der Waals surface area contributed by atoms with Gasteiger partial charge in [0.05, 0.1) is 0 Å². The van der Waals surface area contributed by atoms with E-state index >= 15 is 0 Å². The summed E-state index contributed by atoms with van der Waals surface area (Å²) in [6.07, 6.45) is 3.26. The maximum absolute atomic E-state index is 12.7. The summed E-state index contributed by atoms with van der Waals surface area (Å²) in [6, 6.07) is 16.8. The van der Waals surface area contributed by atoms with Crippen molar-refractivity contribution in [3.05, 3.63) is 60.7 Å². The lowest BCUT2D eigenvalue weighted by molar-refractivity contribution is -0.147. The summed E-state index contributed by atoms with van der Waals surface area (Å²) in [5.41, 5.74) is -1.19. The molecule has 2 heterocycles. The smallest absolute Gasteiger partial charge is 0.408 e. The van der Waals surface area contributed by atoms with E-state index in [0.29, 0.717) is 43.9 Å². The van der Waals surface area contributed by atoms with Crippen LogP contribution in [-0.4, -0.2) is 89.6 Å². The highest BCUT2D eigenvalue weighted by atomic mass is 35.5. The van der Waals surface area contributed by atoms with Crippen molar-refractivity contribution >= 4 is 46.8 Å². The summed E-state index contributed by atoms with van der Waals surface area (Å²) in [4.78, 5) is 71.5. The Kier molecular flexibility index (Phi) is 18.6. The number of nitrogens with one attached hydrogen (secondary N) is 3. The molecule has 3 N–H and O–H groups in total. The predicted octanol–water partition coefficient (Wildman–Crippen LogP) is 5.51. The number of ether oxygens (including phenoxy) is 4. The number of hydrogen-bond acceptors (Lipinski definition) is 10. The van der Waals surface area contributed by atoms with Crippen LogP contribution in [0.15, 0.2) is 60.7 Å². The number of imide groups is 1. The van der Waals surface area contributed by atoms with Gasteiger partial charge in [-0.15, -0.1) is 0 Å². The lowest BCUT2D eigenvalue weighted by atomic mass is 10.1. The van der Waals surface area contributed by atoms with Gasteiger partial charge < -0.3 is 34.9 Å². The van der Waals surface area contributed by atoms with Crippen molar-refractivity contribution in [2.24, 2.45) is 0 Å². The van der Waals surface area contributed by atoms with Gasteiger partial charge in [0.2, 0.25) is 5.91 Å². The normalized spacial score (nSPS) is 17.4. The zero-order valence-electron chi connectivity index (χ0n) is 31.4. The van der Waals surface area contributed by atoms with E-state index in [0.717, 1.165) is 24.2 Å². The van der Waals surface area contributed by atoms with E-state index in [1.165, 1.54) is 0 Å². The first-order chi connectivity index (χ1) is 24.9. The van der Waals surface area contributed by atoms with Crippen molar-refractivity contribution < 1.29 is 47.7 Å². The fourth-order valence-electron chi connectivity index (χ4n) is 4.79. The molecule has 292 valence electrons. The van der Waals surface area contributed by atoms with Gasteiger partial charge in [-0.25, -0.2) is 9.59 Å². The third-order valence-corrected chi connectivity index (χ3v) is 7.22. The SMILES string of the molecule is CC(C)(C)OC(=O)NC1CCCCN(C(=O)COc2ccccc2)C1=O.CC(C)(C)OC(=O)NC1CCCCNC1=O.O=C(Cl)COc1ccccc1. The monoisotopic (exact) mass is 760 g/mol. The molecule has 0 spiro atoms. The molecular weight excluding hydrogens is 708 g/mol. The molecule has 0 bridgehead atoms. The Morgan fingerprint density at radius 2 is 1.19 bits per heavy atom. The number of carbonyl (C=O) groups excluding carboxylic acids is 6. The molecule has 0 aromatic heterocycles. The van der Waals surface area contributed by atoms with Crippen molar-refractivity contribution in [3.8, 4) is 11.5 Å². The molecule has 0 saturated carbocycles. The molecule has 2 aromatic carbocycles. The summed E-state index contributed by atoms with van der Waals surface area (Å²) in [6.45, 7) is 11.3. The number of amides is 5. The highest BCUT2D eigenvalue weighted by molar-refractivity contribution is 6.63. The quantitative estimate of drug-likeness (QED) is 0.291. The molecule has 5 amide bonds. The van der Waals surface area contributed by atoms with Crippen LogP contribution in [0.2, 0.25) is 0 Å². The molecule has 0 radical (unpaired) electrons. The van der Waals surface area contributed by atoms with E-state index in [1.54, 1.807) is 77.9 Å². The minimum Gasteiger partial charge on any atom is -0.484 e. The van der Waals surface area contributed by atoms with Gasteiger partial charge >= 0.3 is 12.2 Å². The molecular formula is C38H53ClN4O10. The predicted molar refractivity (Wildman–Crippen MR) is 198 cm³/mol. The van der Waals surface area contributed by atoms with Gasteiger partial charge in [-0.1, -0.05) is 36.4 Å². The average Bonchev–Trinajstić information content (AvgIpc) is 3.39. The second-order valence-corrected chi connectivity index (χ2v) is 14.5. The summed E-state index contributed by atoms with van der Waals surface area (Å²) in [5.74, 6) is 0.253. The summed E-state index contributed by atoms with van der Waals surface area (Å²) >= 11 is 5.06. The molecule has 14 nitrogen and oxygen atoms in total.